The fraction of sp³-hybridized carbons (Fsp3) is 0.706. The van der Waals surface area contributed by atoms with E-state index >= 15 is 0 Å². The first-order valence-corrected chi connectivity index (χ1v) is 8.43. The maximum absolute atomic E-state index is 12.4. The van der Waals surface area contributed by atoms with Crippen LogP contribution in [0.4, 0.5) is 0 Å². The van der Waals surface area contributed by atoms with Crippen LogP contribution < -0.4 is 10.6 Å². The first-order chi connectivity index (χ1) is 11.4. The molecular weight excluding hydrogens is 312 g/mol. The number of rotatable bonds is 4. The quantitative estimate of drug-likeness (QED) is 0.515. The molecule has 0 aromatic heterocycles. The Labute approximate surface area is 142 Å². The number of hydrogen-bond donors (Lipinski definition) is 3. The molecule has 2 amide bonds. The molecule has 1 heterocycles. The minimum Gasteiger partial charge on any atom is -0.464 e. The first kappa shape index (κ1) is 20.2. The summed E-state index contributed by atoms with van der Waals surface area (Å²) in [6.07, 6.45) is 6.08. The zero-order valence-electron chi connectivity index (χ0n) is 14.4. The van der Waals surface area contributed by atoms with E-state index in [1.54, 1.807) is 13.8 Å². The van der Waals surface area contributed by atoms with Crippen LogP contribution in [-0.4, -0.2) is 48.2 Å². The van der Waals surface area contributed by atoms with E-state index in [4.69, 9.17) is 9.84 Å². The monoisotopic (exact) mass is 340 g/mol. The van der Waals surface area contributed by atoms with Gasteiger partial charge in [-0.25, -0.2) is 0 Å². The number of amides is 2. The lowest BCUT2D eigenvalue weighted by atomic mass is 9.98. The summed E-state index contributed by atoms with van der Waals surface area (Å²) >= 11 is 0. The summed E-state index contributed by atoms with van der Waals surface area (Å²) in [5.74, 6) is -1.27. The zero-order valence-corrected chi connectivity index (χ0v) is 14.4. The van der Waals surface area contributed by atoms with Gasteiger partial charge in [0.15, 0.2) is 0 Å². The molecule has 0 aliphatic carbocycles. The van der Waals surface area contributed by atoms with Crippen LogP contribution in [0.3, 0.4) is 0 Å². The lowest BCUT2D eigenvalue weighted by molar-refractivity contribution is -0.145. The molecule has 0 aromatic rings. The van der Waals surface area contributed by atoms with Gasteiger partial charge >= 0.3 is 5.97 Å². The molecule has 1 aliphatic rings. The van der Waals surface area contributed by atoms with Gasteiger partial charge in [0.25, 0.3) is 0 Å². The fourth-order valence-corrected chi connectivity index (χ4v) is 2.32. The third-order valence-electron chi connectivity index (χ3n) is 3.71. The average Bonchev–Trinajstić information content (AvgIpc) is 2.54. The van der Waals surface area contributed by atoms with E-state index in [1.807, 2.05) is 12.2 Å². The Morgan fingerprint density at radius 1 is 1.46 bits per heavy atom. The van der Waals surface area contributed by atoms with Gasteiger partial charge in [0.05, 0.1) is 18.6 Å². The van der Waals surface area contributed by atoms with E-state index in [9.17, 15) is 14.4 Å². The predicted octanol–water partition coefficient (Wildman–Crippen LogP) is 0.668. The summed E-state index contributed by atoms with van der Waals surface area (Å²) in [6, 6.07) is -0.655. The van der Waals surface area contributed by atoms with Gasteiger partial charge in [-0.2, -0.15) is 0 Å². The van der Waals surface area contributed by atoms with Crippen LogP contribution in [0.5, 0.6) is 0 Å². The van der Waals surface area contributed by atoms with Crippen LogP contribution >= 0.6 is 0 Å². The van der Waals surface area contributed by atoms with Crippen LogP contribution in [0.15, 0.2) is 12.2 Å². The number of esters is 1. The molecule has 7 heteroatoms. The summed E-state index contributed by atoms with van der Waals surface area (Å²) in [5, 5.41) is 14.4. The summed E-state index contributed by atoms with van der Waals surface area (Å²) < 4.78 is 5.11. The number of hydrogen-bond acceptors (Lipinski definition) is 5. The standard InChI is InChI=1S/C17H28N2O5/c1-12(10-20)18-15(21)9-14-7-5-3-4-6-8-16(22)24-11-13(2)19-17(14)23/h3,5,12-14,20H,4,6-11H2,1-2H3,(H,18,21)(H,19,23)/t12-,13+,14-/m1/s1. The summed E-state index contributed by atoms with van der Waals surface area (Å²) in [7, 11) is 0. The van der Waals surface area contributed by atoms with Crippen LogP contribution in [0.1, 0.15) is 46.0 Å². The van der Waals surface area contributed by atoms with E-state index in [0.29, 0.717) is 19.3 Å². The van der Waals surface area contributed by atoms with Crippen molar-refractivity contribution >= 4 is 17.8 Å². The van der Waals surface area contributed by atoms with Crippen molar-refractivity contribution in [3.63, 3.8) is 0 Å². The van der Waals surface area contributed by atoms with Crippen molar-refractivity contribution in [1.82, 2.24) is 10.6 Å². The van der Waals surface area contributed by atoms with Gasteiger partial charge < -0.3 is 20.5 Å². The fourth-order valence-electron chi connectivity index (χ4n) is 2.32. The minimum absolute atomic E-state index is 0.0486. The maximum Gasteiger partial charge on any atom is 0.305 e. The molecule has 3 atom stereocenters. The second-order valence-corrected chi connectivity index (χ2v) is 6.24. The molecule has 0 bridgehead atoms. The van der Waals surface area contributed by atoms with Crippen molar-refractivity contribution in [2.75, 3.05) is 13.2 Å². The van der Waals surface area contributed by atoms with Crippen molar-refractivity contribution < 1.29 is 24.2 Å². The van der Waals surface area contributed by atoms with Gasteiger partial charge in [0.2, 0.25) is 11.8 Å². The van der Waals surface area contributed by atoms with Crippen molar-refractivity contribution in [1.29, 1.82) is 0 Å². The molecule has 0 saturated heterocycles. The molecule has 0 unspecified atom stereocenters. The molecule has 1 rings (SSSR count). The molecule has 7 nitrogen and oxygen atoms in total. The Bertz CT molecular complexity index is 464. The zero-order chi connectivity index (χ0) is 17.9. The van der Waals surface area contributed by atoms with Crippen molar-refractivity contribution in [2.24, 2.45) is 5.92 Å². The molecule has 3 N–H and O–H groups in total. The highest BCUT2D eigenvalue weighted by Crippen LogP contribution is 2.12. The van der Waals surface area contributed by atoms with Crippen molar-refractivity contribution in [2.45, 2.75) is 58.0 Å². The molecule has 0 fully saturated rings. The van der Waals surface area contributed by atoms with E-state index in [1.165, 1.54) is 0 Å². The topological polar surface area (TPSA) is 105 Å². The third kappa shape index (κ3) is 8.10. The molecular formula is C17H28N2O5. The van der Waals surface area contributed by atoms with E-state index in [2.05, 4.69) is 10.6 Å². The number of carbonyl (C=O) groups excluding carboxylic acids is 3. The lowest BCUT2D eigenvalue weighted by Crippen LogP contribution is -2.42. The Hall–Kier alpha value is -1.89. The molecule has 1 aliphatic heterocycles. The number of allylic oxidation sites excluding steroid dienone is 2. The van der Waals surface area contributed by atoms with Crippen LogP contribution in [0.25, 0.3) is 0 Å². The average molecular weight is 340 g/mol. The molecule has 0 aromatic carbocycles. The summed E-state index contributed by atoms with van der Waals surface area (Å²) in [4.78, 5) is 35.9. The van der Waals surface area contributed by atoms with Crippen LogP contribution in [-0.2, 0) is 19.1 Å². The molecule has 0 spiro atoms. The number of aliphatic hydroxyl groups is 1. The summed E-state index contributed by atoms with van der Waals surface area (Å²) in [6.45, 7) is 3.42. The van der Waals surface area contributed by atoms with E-state index in [-0.39, 0.29) is 49.5 Å². The summed E-state index contributed by atoms with van der Waals surface area (Å²) in [5.41, 5.74) is 0. The Kier molecular flexibility index (Phi) is 9.07. The lowest BCUT2D eigenvalue weighted by Gasteiger charge is -2.20. The van der Waals surface area contributed by atoms with Gasteiger partial charge in [-0.1, -0.05) is 12.2 Å². The maximum atomic E-state index is 12.4. The molecule has 136 valence electrons. The second kappa shape index (κ2) is 10.8. The normalized spacial score (nSPS) is 24.6. The van der Waals surface area contributed by atoms with Gasteiger partial charge in [-0.15, -0.1) is 0 Å². The highest BCUT2D eigenvalue weighted by molar-refractivity contribution is 5.86. The Morgan fingerprint density at radius 3 is 2.92 bits per heavy atom. The number of cyclic esters (lactones) is 1. The Balaban J connectivity index is 2.69. The second-order valence-electron chi connectivity index (χ2n) is 6.24. The number of nitrogens with one attached hydrogen (secondary N) is 2. The number of carbonyl (C=O) groups is 3. The van der Waals surface area contributed by atoms with Gasteiger partial charge in [0.1, 0.15) is 6.61 Å². The van der Waals surface area contributed by atoms with Gasteiger partial charge in [-0.3, -0.25) is 14.4 Å². The smallest absolute Gasteiger partial charge is 0.305 e. The van der Waals surface area contributed by atoms with Gasteiger partial charge in [0, 0.05) is 18.9 Å². The molecule has 24 heavy (non-hydrogen) atoms. The van der Waals surface area contributed by atoms with Crippen molar-refractivity contribution in [3.8, 4) is 0 Å². The SMILES string of the molecule is C[C@H](CO)NC(=O)C[C@H]1CC=CCCCC(=O)OC[C@H](C)NC1=O. The largest absolute Gasteiger partial charge is 0.464 e. The van der Waals surface area contributed by atoms with Crippen LogP contribution in [0.2, 0.25) is 0 Å². The van der Waals surface area contributed by atoms with E-state index < -0.39 is 5.92 Å². The number of aliphatic hydroxyl groups excluding tert-OH is 1. The minimum atomic E-state index is -0.494. The predicted molar refractivity (Wildman–Crippen MR) is 89.0 cm³/mol. The van der Waals surface area contributed by atoms with Gasteiger partial charge in [-0.05, 0) is 33.1 Å². The number of ether oxygens (including phenoxy) is 1. The highest BCUT2D eigenvalue weighted by atomic mass is 16.5. The molecule has 0 saturated carbocycles. The first-order valence-electron chi connectivity index (χ1n) is 8.43. The van der Waals surface area contributed by atoms with Crippen molar-refractivity contribution in [3.05, 3.63) is 12.2 Å². The third-order valence-corrected chi connectivity index (χ3v) is 3.71. The highest BCUT2D eigenvalue weighted by Gasteiger charge is 2.23. The van der Waals surface area contributed by atoms with E-state index in [0.717, 1.165) is 6.42 Å². The Morgan fingerprint density at radius 2 is 2.21 bits per heavy atom. The van der Waals surface area contributed by atoms with Crippen LogP contribution in [0, 0.1) is 5.92 Å². The molecule has 0 radical (unpaired) electrons.